The molecule has 0 saturated carbocycles. The van der Waals surface area contributed by atoms with Crippen molar-refractivity contribution in [1.29, 1.82) is 0 Å². The molecule has 0 aliphatic heterocycles. The van der Waals surface area contributed by atoms with Gasteiger partial charge < -0.3 is 0 Å². The van der Waals surface area contributed by atoms with Crippen molar-refractivity contribution in [3.8, 4) is 0 Å². The van der Waals surface area contributed by atoms with Crippen molar-refractivity contribution in [3.05, 3.63) is 45.0 Å². The maximum absolute atomic E-state index is 12.7. The lowest BCUT2D eigenvalue weighted by molar-refractivity contribution is 0.572. The van der Waals surface area contributed by atoms with Gasteiger partial charge in [0.1, 0.15) is 5.01 Å². The van der Waals surface area contributed by atoms with Crippen molar-refractivity contribution in [2.45, 2.75) is 31.8 Å². The third kappa shape index (κ3) is 3.32. The number of halogens is 1. The maximum atomic E-state index is 12.7. The molecule has 122 valence electrons. The number of rotatable bonds is 5. The van der Waals surface area contributed by atoms with Crippen LogP contribution >= 0.6 is 27.3 Å². The van der Waals surface area contributed by atoms with Crippen LogP contribution in [0.15, 0.2) is 33.8 Å². The van der Waals surface area contributed by atoms with Crippen molar-refractivity contribution >= 4 is 42.3 Å². The molecule has 0 atom stereocenters. The van der Waals surface area contributed by atoms with E-state index < -0.39 is 10.0 Å². The first-order valence-corrected chi connectivity index (χ1v) is 10.1. The molecule has 3 aromatic rings. The van der Waals surface area contributed by atoms with Gasteiger partial charge >= 0.3 is 0 Å². The largest absolute Gasteiger partial charge is 0.260 e. The minimum Gasteiger partial charge on any atom is -0.221 e. The van der Waals surface area contributed by atoms with Crippen molar-refractivity contribution in [2.75, 3.05) is 0 Å². The summed E-state index contributed by atoms with van der Waals surface area (Å²) >= 11 is 4.78. The van der Waals surface area contributed by atoms with Crippen LogP contribution in [0.5, 0.6) is 0 Å². The van der Waals surface area contributed by atoms with Crippen LogP contribution in [-0.2, 0) is 23.0 Å². The first-order chi connectivity index (χ1) is 10.9. The van der Waals surface area contributed by atoms with E-state index >= 15 is 0 Å². The Morgan fingerprint density at radius 1 is 1.39 bits per heavy atom. The second kappa shape index (κ2) is 6.31. The average molecular weight is 415 g/mol. The fourth-order valence-electron chi connectivity index (χ4n) is 2.22. The van der Waals surface area contributed by atoms with Crippen LogP contribution < -0.4 is 4.72 Å². The van der Waals surface area contributed by atoms with Gasteiger partial charge in [0, 0.05) is 11.0 Å². The smallest absolute Gasteiger partial charge is 0.221 e. The van der Waals surface area contributed by atoms with Gasteiger partial charge in [0.25, 0.3) is 10.0 Å². The van der Waals surface area contributed by atoms with Gasteiger partial charge in [-0.2, -0.15) is 9.61 Å². The summed E-state index contributed by atoms with van der Waals surface area (Å²) in [7, 11) is -3.70. The SMILES string of the molecule is CCc1nn2c(S(=O)(=O)NCc3cccc(Br)c3)c(C)nc2s1. The molecule has 6 nitrogen and oxygen atoms in total. The molecule has 3 rings (SSSR count). The van der Waals surface area contributed by atoms with Crippen LogP contribution in [-0.4, -0.2) is 23.0 Å². The number of fused-ring (bicyclic) bond motifs is 1. The lowest BCUT2D eigenvalue weighted by atomic mass is 10.2. The molecule has 0 amide bonds. The summed E-state index contributed by atoms with van der Waals surface area (Å²) in [6, 6.07) is 7.50. The second-order valence-electron chi connectivity index (χ2n) is 5.00. The Labute approximate surface area is 146 Å². The molecule has 23 heavy (non-hydrogen) atoms. The highest BCUT2D eigenvalue weighted by Crippen LogP contribution is 2.22. The number of imidazole rings is 1. The zero-order chi connectivity index (χ0) is 16.6. The summed E-state index contributed by atoms with van der Waals surface area (Å²) in [5, 5.41) is 5.30. The van der Waals surface area contributed by atoms with Crippen LogP contribution in [0.2, 0.25) is 0 Å². The van der Waals surface area contributed by atoms with E-state index in [0.29, 0.717) is 10.7 Å². The molecule has 0 unspecified atom stereocenters. The van der Waals surface area contributed by atoms with Gasteiger partial charge in [0.05, 0.1) is 5.69 Å². The summed E-state index contributed by atoms with van der Waals surface area (Å²) in [4.78, 5) is 4.91. The summed E-state index contributed by atoms with van der Waals surface area (Å²) in [6.45, 7) is 3.87. The highest BCUT2D eigenvalue weighted by Gasteiger charge is 2.25. The number of sulfonamides is 1. The molecule has 1 N–H and O–H groups in total. The number of nitrogens with one attached hydrogen (secondary N) is 1. The zero-order valence-electron chi connectivity index (χ0n) is 12.6. The summed E-state index contributed by atoms with van der Waals surface area (Å²) in [6.07, 6.45) is 0.748. The number of hydrogen-bond acceptors (Lipinski definition) is 5. The molecule has 0 aliphatic carbocycles. The molecule has 0 saturated heterocycles. The Hall–Kier alpha value is -1.29. The fraction of sp³-hybridized carbons (Fsp3) is 0.286. The lowest BCUT2D eigenvalue weighted by Crippen LogP contribution is -2.25. The summed E-state index contributed by atoms with van der Waals surface area (Å²) < 4.78 is 30.3. The van der Waals surface area contributed by atoms with Crippen molar-refractivity contribution < 1.29 is 8.42 Å². The minimum absolute atomic E-state index is 0.110. The predicted molar refractivity (Wildman–Crippen MR) is 93.1 cm³/mol. The second-order valence-corrected chi connectivity index (χ2v) is 8.64. The van der Waals surface area contributed by atoms with Gasteiger partial charge in [-0.15, -0.1) is 0 Å². The van der Waals surface area contributed by atoms with E-state index in [2.05, 4.69) is 30.7 Å². The zero-order valence-corrected chi connectivity index (χ0v) is 15.8. The van der Waals surface area contributed by atoms with Gasteiger partial charge in [-0.25, -0.2) is 18.1 Å². The van der Waals surface area contributed by atoms with Gasteiger partial charge in [-0.1, -0.05) is 46.3 Å². The molecule has 2 heterocycles. The molecule has 2 aromatic heterocycles. The van der Waals surface area contributed by atoms with Gasteiger partial charge in [-0.05, 0) is 31.0 Å². The van der Waals surface area contributed by atoms with Crippen molar-refractivity contribution in [1.82, 2.24) is 19.3 Å². The third-order valence-electron chi connectivity index (χ3n) is 3.28. The molecule has 0 bridgehead atoms. The van der Waals surface area contributed by atoms with E-state index in [1.54, 1.807) is 6.92 Å². The maximum Gasteiger partial charge on any atom is 0.260 e. The van der Waals surface area contributed by atoms with Crippen molar-refractivity contribution in [2.24, 2.45) is 0 Å². The monoisotopic (exact) mass is 414 g/mol. The minimum atomic E-state index is -3.70. The summed E-state index contributed by atoms with van der Waals surface area (Å²) in [5.41, 5.74) is 1.32. The predicted octanol–water partition coefficient (Wildman–Crippen LogP) is 2.90. The van der Waals surface area contributed by atoms with E-state index in [1.165, 1.54) is 15.9 Å². The third-order valence-corrected chi connectivity index (χ3v) is 6.33. The first-order valence-electron chi connectivity index (χ1n) is 7.00. The van der Waals surface area contributed by atoms with Crippen LogP contribution in [0.3, 0.4) is 0 Å². The van der Waals surface area contributed by atoms with Gasteiger partial charge in [0.15, 0.2) is 5.03 Å². The lowest BCUT2D eigenvalue weighted by Gasteiger charge is -2.07. The standard InChI is InChI=1S/C14H15BrN4O2S2/c1-3-12-18-19-13(9(2)17-14(19)22-12)23(20,21)16-8-10-5-4-6-11(15)7-10/h4-7,16H,3,8H2,1-2H3. The Bertz CT molecular complexity index is 962. The van der Waals surface area contributed by atoms with Gasteiger partial charge in [0.2, 0.25) is 4.96 Å². The Morgan fingerprint density at radius 2 is 2.17 bits per heavy atom. The highest BCUT2D eigenvalue weighted by molar-refractivity contribution is 9.10. The van der Waals surface area contributed by atoms with Crippen LogP contribution in [0.25, 0.3) is 4.96 Å². The average Bonchev–Trinajstić information content (AvgIpc) is 3.01. The van der Waals surface area contributed by atoms with Crippen LogP contribution in [0.4, 0.5) is 0 Å². The Morgan fingerprint density at radius 3 is 2.87 bits per heavy atom. The van der Waals surface area contributed by atoms with E-state index in [9.17, 15) is 8.42 Å². The molecular formula is C14H15BrN4O2S2. The van der Waals surface area contributed by atoms with Crippen LogP contribution in [0, 0.1) is 6.92 Å². The van der Waals surface area contributed by atoms with E-state index in [-0.39, 0.29) is 11.6 Å². The molecule has 0 fully saturated rings. The number of aromatic nitrogens is 3. The number of hydrogen-bond donors (Lipinski definition) is 1. The topological polar surface area (TPSA) is 76.4 Å². The van der Waals surface area contributed by atoms with E-state index in [1.807, 2.05) is 31.2 Å². The number of nitrogens with zero attached hydrogens (tertiary/aromatic N) is 3. The molecule has 9 heteroatoms. The molecule has 0 aliphatic rings. The molecule has 1 aromatic carbocycles. The number of aryl methyl sites for hydroxylation is 2. The Balaban J connectivity index is 1.93. The fourth-order valence-corrected chi connectivity index (χ4v) is 4.88. The highest BCUT2D eigenvalue weighted by atomic mass is 79.9. The molecular weight excluding hydrogens is 400 g/mol. The van der Waals surface area contributed by atoms with Crippen molar-refractivity contribution in [3.63, 3.8) is 0 Å². The van der Waals surface area contributed by atoms with Crippen LogP contribution in [0.1, 0.15) is 23.2 Å². The van der Waals surface area contributed by atoms with E-state index in [0.717, 1.165) is 21.5 Å². The van der Waals surface area contributed by atoms with Gasteiger partial charge in [-0.3, -0.25) is 0 Å². The molecule has 0 radical (unpaired) electrons. The normalized spacial score (nSPS) is 12.1. The quantitative estimate of drug-likeness (QED) is 0.695. The Kier molecular flexibility index (Phi) is 4.54. The summed E-state index contributed by atoms with van der Waals surface area (Å²) in [5.74, 6) is 0. The molecule has 0 spiro atoms. The number of benzene rings is 1. The first kappa shape index (κ1) is 16.6. The van der Waals surface area contributed by atoms with E-state index in [4.69, 9.17) is 0 Å².